The first kappa shape index (κ1) is 19.4. The molecule has 0 amide bonds. The van der Waals surface area contributed by atoms with Crippen LogP contribution in [-0.2, 0) is 4.79 Å². The van der Waals surface area contributed by atoms with Crippen LogP contribution in [0, 0.1) is 11.7 Å². The number of rotatable bonds is 2. The Morgan fingerprint density at radius 3 is 2.20 bits per heavy atom. The minimum atomic E-state index is -5.71. The van der Waals surface area contributed by atoms with Gasteiger partial charge >= 0.3 is 12.4 Å². The van der Waals surface area contributed by atoms with Gasteiger partial charge in [-0.25, -0.2) is 4.39 Å². The smallest absolute Gasteiger partial charge is 0.363 e. The minimum absolute atomic E-state index is 0.684. The summed E-state index contributed by atoms with van der Waals surface area (Å²) in [6, 6.07) is 1.76. The Labute approximate surface area is 141 Å². The highest BCUT2D eigenvalue weighted by Crippen LogP contribution is 2.45. The lowest BCUT2D eigenvalue weighted by Crippen LogP contribution is -2.73. The minimum Gasteiger partial charge on any atom is -0.363 e. The van der Waals surface area contributed by atoms with E-state index in [2.05, 4.69) is 12.2 Å². The highest BCUT2D eigenvalue weighted by atomic mass is 32.1. The molecule has 1 aromatic carbocycles. The van der Waals surface area contributed by atoms with Crippen LogP contribution >= 0.6 is 12.2 Å². The average Bonchev–Trinajstić information content (AvgIpc) is 2.44. The molecule has 4 nitrogen and oxygen atoms in total. The maximum absolute atomic E-state index is 13.9. The number of hydrogen-bond acceptors (Lipinski definition) is 3. The first-order valence-electron chi connectivity index (χ1n) is 6.52. The second-order valence-corrected chi connectivity index (χ2v) is 5.61. The number of benzene rings is 1. The zero-order valence-corrected chi connectivity index (χ0v) is 12.7. The van der Waals surface area contributed by atoms with Crippen molar-refractivity contribution in [1.82, 2.24) is 10.6 Å². The van der Waals surface area contributed by atoms with E-state index in [4.69, 9.17) is 0 Å². The number of ketones is 1. The number of carbonyl (C=O) groups is 1. The third-order valence-corrected chi connectivity index (χ3v) is 3.83. The molecule has 0 unspecified atom stereocenters. The Balaban J connectivity index is 2.69. The fourth-order valence-corrected chi connectivity index (χ4v) is 2.78. The molecule has 1 heterocycles. The summed E-state index contributed by atoms with van der Waals surface area (Å²) in [4.78, 5) is 11.7. The molecule has 0 bridgehead atoms. The molecule has 1 aromatic rings. The van der Waals surface area contributed by atoms with E-state index in [1.807, 2.05) is 5.32 Å². The van der Waals surface area contributed by atoms with Crippen LogP contribution in [0.1, 0.15) is 11.6 Å². The molecule has 3 atom stereocenters. The number of carbonyl (C=O) groups excluding carboxylic acids is 1. The first-order valence-corrected chi connectivity index (χ1v) is 6.93. The van der Waals surface area contributed by atoms with Crippen LogP contribution in [0.15, 0.2) is 24.3 Å². The summed E-state index contributed by atoms with van der Waals surface area (Å²) in [6.45, 7) is 0. The molecule has 25 heavy (non-hydrogen) atoms. The van der Waals surface area contributed by atoms with Crippen molar-refractivity contribution >= 4 is 23.1 Å². The van der Waals surface area contributed by atoms with Crippen LogP contribution in [0.25, 0.3) is 0 Å². The van der Waals surface area contributed by atoms with Gasteiger partial charge in [-0.2, -0.15) is 26.3 Å². The molecule has 2 rings (SSSR count). The molecule has 0 spiro atoms. The van der Waals surface area contributed by atoms with Gasteiger partial charge in [0.15, 0.2) is 5.11 Å². The van der Waals surface area contributed by atoms with Crippen molar-refractivity contribution in [2.75, 3.05) is 0 Å². The van der Waals surface area contributed by atoms with Gasteiger partial charge in [-0.05, 0) is 18.3 Å². The molecule has 0 aromatic heterocycles. The number of thiocarbonyl (C=S) groups is 1. The summed E-state index contributed by atoms with van der Waals surface area (Å²) < 4.78 is 92.3. The summed E-state index contributed by atoms with van der Waals surface area (Å²) in [7, 11) is 0. The molecule has 1 saturated heterocycles. The van der Waals surface area contributed by atoms with Gasteiger partial charge in [0.05, 0.1) is 6.04 Å². The van der Waals surface area contributed by atoms with E-state index in [1.54, 1.807) is 0 Å². The summed E-state index contributed by atoms with van der Waals surface area (Å²) in [5.41, 5.74) is -5.02. The number of alkyl halides is 6. The van der Waals surface area contributed by atoms with Gasteiger partial charge in [-0.15, -0.1) is 0 Å². The Bertz CT molecular complexity index is 706. The number of halogens is 7. The maximum atomic E-state index is 13.9. The lowest BCUT2D eigenvalue weighted by atomic mass is 9.79. The third kappa shape index (κ3) is 3.40. The van der Waals surface area contributed by atoms with Crippen molar-refractivity contribution in [2.45, 2.75) is 24.1 Å². The monoisotopic (exact) mass is 390 g/mol. The summed E-state index contributed by atoms with van der Waals surface area (Å²) in [5, 5.41) is 12.3. The molecule has 138 valence electrons. The normalized spacial score (nSPS) is 27.4. The van der Waals surface area contributed by atoms with E-state index in [0.717, 1.165) is 24.3 Å². The maximum Gasteiger partial charge on any atom is 0.450 e. The lowest BCUT2D eigenvalue weighted by Gasteiger charge is -2.46. The van der Waals surface area contributed by atoms with Gasteiger partial charge < -0.3 is 15.7 Å². The first-order chi connectivity index (χ1) is 11.3. The third-order valence-electron chi connectivity index (χ3n) is 3.61. The van der Waals surface area contributed by atoms with Gasteiger partial charge in [0.1, 0.15) is 11.7 Å². The van der Waals surface area contributed by atoms with Crippen molar-refractivity contribution in [3.05, 3.63) is 35.6 Å². The van der Waals surface area contributed by atoms with E-state index in [-0.39, 0.29) is 0 Å². The van der Waals surface area contributed by atoms with Crippen molar-refractivity contribution in [2.24, 2.45) is 5.92 Å². The SMILES string of the molecule is O=C([C@H]1[C@@H](c2ccccc2F)NC(=S)N[C@@]1(O)C(F)(F)F)C(F)(F)F. The fourth-order valence-electron chi connectivity index (χ4n) is 2.50. The molecule has 3 N–H and O–H groups in total. The van der Waals surface area contributed by atoms with E-state index >= 15 is 0 Å². The Morgan fingerprint density at radius 1 is 1.16 bits per heavy atom. The zero-order valence-electron chi connectivity index (χ0n) is 11.9. The topological polar surface area (TPSA) is 61.4 Å². The molecule has 0 aliphatic carbocycles. The zero-order chi connectivity index (χ0) is 19.2. The van der Waals surface area contributed by atoms with Crippen LogP contribution in [0.3, 0.4) is 0 Å². The quantitative estimate of drug-likeness (QED) is 0.535. The van der Waals surface area contributed by atoms with Gasteiger partial charge in [0.25, 0.3) is 0 Å². The van der Waals surface area contributed by atoms with Crippen molar-refractivity contribution in [3.63, 3.8) is 0 Å². The van der Waals surface area contributed by atoms with Crippen LogP contribution in [0.5, 0.6) is 0 Å². The van der Waals surface area contributed by atoms with E-state index < -0.39 is 52.3 Å². The molecule has 1 fully saturated rings. The lowest BCUT2D eigenvalue weighted by molar-refractivity contribution is -0.293. The highest BCUT2D eigenvalue weighted by Gasteiger charge is 2.69. The molecule has 0 saturated carbocycles. The van der Waals surface area contributed by atoms with Crippen molar-refractivity contribution in [1.29, 1.82) is 0 Å². The molecule has 12 heteroatoms. The van der Waals surface area contributed by atoms with E-state index in [1.165, 1.54) is 5.32 Å². The highest BCUT2D eigenvalue weighted by molar-refractivity contribution is 7.80. The van der Waals surface area contributed by atoms with Crippen LogP contribution < -0.4 is 10.6 Å². The van der Waals surface area contributed by atoms with Crippen LogP contribution in [0.2, 0.25) is 0 Å². The van der Waals surface area contributed by atoms with E-state index in [0.29, 0.717) is 0 Å². The Kier molecular flexibility index (Phi) is 4.72. The van der Waals surface area contributed by atoms with Crippen molar-refractivity contribution < 1.29 is 40.6 Å². The van der Waals surface area contributed by atoms with Crippen LogP contribution in [0.4, 0.5) is 30.7 Å². The molecule has 1 aliphatic heterocycles. The summed E-state index contributed by atoms with van der Waals surface area (Å²) in [6.07, 6.45) is -11.4. The van der Waals surface area contributed by atoms with Crippen LogP contribution in [-0.4, -0.2) is 34.1 Å². The number of nitrogens with one attached hydrogen (secondary N) is 2. The predicted octanol–water partition coefficient (Wildman–Crippen LogP) is 2.34. The second-order valence-electron chi connectivity index (χ2n) is 5.20. The Morgan fingerprint density at radius 2 is 1.72 bits per heavy atom. The molecular formula is C13H9F7N2O2S. The molecule has 0 radical (unpaired) electrons. The fraction of sp³-hybridized carbons (Fsp3) is 0.385. The number of hydrogen-bond donors (Lipinski definition) is 3. The number of aliphatic hydroxyl groups is 1. The van der Waals surface area contributed by atoms with Gasteiger partial charge in [-0.3, -0.25) is 4.79 Å². The van der Waals surface area contributed by atoms with Gasteiger partial charge in [-0.1, -0.05) is 18.2 Å². The Hall–Kier alpha value is -1.95. The summed E-state index contributed by atoms with van der Waals surface area (Å²) in [5.74, 6) is -7.23. The van der Waals surface area contributed by atoms with Gasteiger partial charge in [0, 0.05) is 5.56 Å². The number of Topliss-reactive ketones (excluding diaryl/α,β-unsaturated/α-hetero) is 1. The molecule has 1 aliphatic rings. The largest absolute Gasteiger partial charge is 0.450 e. The average molecular weight is 390 g/mol. The predicted molar refractivity (Wildman–Crippen MR) is 73.6 cm³/mol. The van der Waals surface area contributed by atoms with Gasteiger partial charge in [0.2, 0.25) is 11.5 Å². The van der Waals surface area contributed by atoms with E-state index in [9.17, 15) is 40.6 Å². The summed E-state index contributed by atoms with van der Waals surface area (Å²) >= 11 is 4.48. The second kappa shape index (κ2) is 6.09. The van der Waals surface area contributed by atoms with Crippen molar-refractivity contribution in [3.8, 4) is 0 Å². The molecular weight excluding hydrogens is 381 g/mol. The standard InChI is InChI=1S/C13H9F7N2O2S/c14-6-4-2-1-3-5(6)8-7(9(23)12(15,16)17)11(24,13(18,19)20)22-10(25)21-8/h1-4,7-8,24H,(H2,21,22,25)/t7-,8-,11+/m1/s1.